The lowest BCUT2D eigenvalue weighted by Gasteiger charge is -2.36. The van der Waals surface area contributed by atoms with Gasteiger partial charge in [0.25, 0.3) is 0 Å². The van der Waals surface area contributed by atoms with Crippen molar-refractivity contribution < 1.29 is 0 Å². The van der Waals surface area contributed by atoms with Crippen molar-refractivity contribution in [1.82, 2.24) is 4.90 Å². The molecule has 18 heavy (non-hydrogen) atoms. The molecule has 0 aliphatic heterocycles. The van der Waals surface area contributed by atoms with Gasteiger partial charge in [0.15, 0.2) is 0 Å². The average molecular weight is 268 g/mol. The summed E-state index contributed by atoms with van der Waals surface area (Å²) < 4.78 is 0. The van der Waals surface area contributed by atoms with Crippen LogP contribution in [0.15, 0.2) is 11.4 Å². The lowest BCUT2D eigenvalue weighted by Crippen LogP contribution is -2.42. The predicted octanol–water partition coefficient (Wildman–Crippen LogP) is 3.81. The largest absolute Gasteiger partial charge is 0.326 e. The van der Waals surface area contributed by atoms with Gasteiger partial charge in [-0.1, -0.05) is 13.8 Å². The molecular weight excluding hydrogens is 240 g/mol. The normalized spacial score (nSPS) is 17.2. The number of aryl methyl sites for hydroxylation is 1. The Labute approximate surface area is 116 Å². The molecule has 104 valence electrons. The SMILES string of the molecule is Cc1ccsc1C(C(C)N)N(C)C(C)CC(C)C. The summed E-state index contributed by atoms with van der Waals surface area (Å²) >= 11 is 1.83. The third-order valence-electron chi connectivity index (χ3n) is 3.61. The van der Waals surface area contributed by atoms with Crippen molar-refractivity contribution in [2.24, 2.45) is 11.7 Å². The van der Waals surface area contributed by atoms with Crippen LogP contribution in [0.3, 0.4) is 0 Å². The van der Waals surface area contributed by atoms with Gasteiger partial charge in [0, 0.05) is 17.0 Å². The minimum atomic E-state index is 0.155. The topological polar surface area (TPSA) is 29.3 Å². The van der Waals surface area contributed by atoms with Gasteiger partial charge in [0.2, 0.25) is 0 Å². The van der Waals surface area contributed by atoms with Gasteiger partial charge in [-0.2, -0.15) is 0 Å². The maximum atomic E-state index is 6.23. The number of hydrogen-bond donors (Lipinski definition) is 1. The van der Waals surface area contributed by atoms with Crippen LogP contribution in [-0.2, 0) is 0 Å². The monoisotopic (exact) mass is 268 g/mol. The Hall–Kier alpha value is -0.380. The molecule has 0 aliphatic rings. The van der Waals surface area contributed by atoms with E-state index in [9.17, 15) is 0 Å². The molecule has 0 saturated carbocycles. The van der Waals surface area contributed by atoms with Gasteiger partial charge in [-0.05, 0) is 57.2 Å². The highest BCUT2D eigenvalue weighted by atomic mass is 32.1. The summed E-state index contributed by atoms with van der Waals surface area (Å²) in [6, 6.07) is 3.24. The molecule has 0 aromatic carbocycles. The van der Waals surface area contributed by atoms with Crippen LogP contribution in [0.25, 0.3) is 0 Å². The van der Waals surface area contributed by atoms with Gasteiger partial charge in [0.05, 0.1) is 6.04 Å². The van der Waals surface area contributed by atoms with E-state index in [4.69, 9.17) is 5.73 Å². The molecule has 3 heteroatoms. The van der Waals surface area contributed by atoms with E-state index in [0.717, 1.165) is 5.92 Å². The van der Waals surface area contributed by atoms with Gasteiger partial charge in [-0.15, -0.1) is 11.3 Å². The van der Waals surface area contributed by atoms with Crippen molar-refractivity contribution in [3.05, 3.63) is 21.9 Å². The van der Waals surface area contributed by atoms with E-state index in [1.54, 1.807) is 0 Å². The molecule has 0 spiro atoms. The standard InChI is InChI=1S/C15H28N2S/c1-10(2)9-12(4)17(6)14(13(5)16)15-11(3)7-8-18-15/h7-8,10,12-14H,9,16H2,1-6H3. The highest BCUT2D eigenvalue weighted by Crippen LogP contribution is 2.32. The first-order chi connectivity index (χ1) is 8.34. The fraction of sp³-hybridized carbons (Fsp3) is 0.733. The fourth-order valence-electron chi connectivity index (χ4n) is 2.60. The van der Waals surface area contributed by atoms with Crippen molar-refractivity contribution in [1.29, 1.82) is 0 Å². The first-order valence-corrected chi connectivity index (χ1v) is 7.74. The van der Waals surface area contributed by atoms with E-state index in [1.807, 2.05) is 11.3 Å². The second kappa shape index (κ2) is 6.69. The molecule has 0 amide bonds. The maximum absolute atomic E-state index is 6.23. The Bertz CT molecular complexity index is 357. The number of likely N-dealkylation sites (N-methyl/N-ethyl adjacent to an activating group) is 1. The van der Waals surface area contributed by atoms with Gasteiger partial charge in [-0.25, -0.2) is 0 Å². The second-order valence-electron chi connectivity index (χ2n) is 5.92. The Morgan fingerprint density at radius 2 is 1.89 bits per heavy atom. The fourth-order valence-corrected chi connectivity index (χ4v) is 3.80. The molecule has 1 rings (SSSR count). The average Bonchev–Trinajstić information content (AvgIpc) is 2.63. The van der Waals surface area contributed by atoms with E-state index in [-0.39, 0.29) is 6.04 Å². The van der Waals surface area contributed by atoms with Crippen LogP contribution < -0.4 is 5.73 Å². The highest BCUT2D eigenvalue weighted by molar-refractivity contribution is 7.10. The second-order valence-corrected chi connectivity index (χ2v) is 6.86. The predicted molar refractivity (Wildman–Crippen MR) is 82.1 cm³/mol. The number of hydrogen-bond acceptors (Lipinski definition) is 3. The Morgan fingerprint density at radius 3 is 2.28 bits per heavy atom. The van der Waals surface area contributed by atoms with E-state index in [0.29, 0.717) is 12.1 Å². The van der Waals surface area contributed by atoms with Crippen molar-refractivity contribution >= 4 is 11.3 Å². The quantitative estimate of drug-likeness (QED) is 0.850. The minimum Gasteiger partial charge on any atom is -0.326 e. The first-order valence-electron chi connectivity index (χ1n) is 6.86. The van der Waals surface area contributed by atoms with Crippen LogP contribution in [0, 0.1) is 12.8 Å². The molecule has 1 aromatic rings. The van der Waals surface area contributed by atoms with E-state index >= 15 is 0 Å². The third-order valence-corrected chi connectivity index (χ3v) is 4.70. The minimum absolute atomic E-state index is 0.155. The zero-order chi connectivity index (χ0) is 13.9. The molecule has 1 heterocycles. The lowest BCUT2D eigenvalue weighted by atomic mass is 9.99. The molecule has 0 saturated heterocycles. The molecule has 0 bridgehead atoms. The number of nitrogens with two attached hydrogens (primary N) is 1. The van der Waals surface area contributed by atoms with E-state index in [2.05, 4.69) is 58.0 Å². The molecule has 0 aliphatic carbocycles. The van der Waals surface area contributed by atoms with Crippen LogP contribution >= 0.6 is 11.3 Å². The van der Waals surface area contributed by atoms with Crippen LogP contribution in [0.5, 0.6) is 0 Å². The van der Waals surface area contributed by atoms with Crippen LogP contribution in [-0.4, -0.2) is 24.0 Å². The summed E-state index contributed by atoms with van der Waals surface area (Å²) in [6.07, 6.45) is 1.21. The van der Waals surface area contributed by atoms with Crippen molar-refractivity contribution in [2.75, 3.05) is 7.05 Å². The zero-order valence-corrected chi connectivity index (χ0v) is 13.4. The number of rotatable bonds is 6. The Balaban J connectivity index is 2.89. The molecule has 2 nitrogen and oxygen atoms in total. The molecule has 0 radical (unpaired) electrons. The first kappa shape index (κ1) is 15.7. The maximum Gasteiger partial charge on any atom is 0.0593 e. The summed E-state index contributed by atoms with van der Waals surface area (Å²) in [5, 5.41) is 2.17. The Morgan fingerprint density at radius 1 is 1.28 bits per heavy atom. The molecule has 1 aromatic heterocycles. The highest BCUT2D eigenvalue weighted by Gasteiger charge is 2.27. The molecule has 3 unspecified atom stereocenters. The molecule has 0 fully saturated rings. The van der Waals surface area contributed by atoms with Gasteiger partial charge < -0.3 is 5.73 Å². The summed E-state index contributed by atoms with van der Waals surface area (Å²) in [6.45, 7) is 11.2. The Kier molecular flexibility index (Phi) is 5.83. The third kappa shape index (κ3) is 3.81. The number of thiophene rings is 1. The summed E-state index contributed by atoms with van der Waals surface area (Å²) in [4.78, 5) is 3.87. The number of nitrogens with zero attached hydrogens (tertiary/aromatic N) is 1. The van der Waals surface area contributed by atoms with E-state index < -0.39 is 0 Å². The summed E-state index contributed by atoms with van der Waals surface area (Å²) in [7, 11) is 2.21. The van der Waals surface area contributed by atoms with Crippen LogP contribution in [0.4, 0.5) is 0 Å². The zero-order valence-electron chi connectivity index (χ0n) is 12.6. The van der Waals surface area contributed by atoms with Gasteiger partial charge >= 0.3 is 0 Å². The summed E-state index contributed by atoms with van der Waals surface area (Å²) in [5.74, 6) is 0.723. The van der Waals surface area contributed by atoms with Crippen molar-refractivity contribution in [3.8, 4) is 0 Å². The molecular formula is C15H28N2S. The van der Waals surface area contributed by atoms with E-state index in [1.165, 1.54) is 16.9 Å². The van der Waals surface area contributed by atoms with Crippen LogP contribution in [0.1, 0.15) is 50.6 Å². The smallest absolute Gasteiger partial charge is 0.0593 e. The van der Waals surface area contributed by atoms with Crippen molar-refractivity contribution in [2.45, 2.75) is 59.2 Å². The van der Waals surface area contributed by atoms with Gasteiger partial charge in [-0.3, -0.25) is 4.90 Å². The molecule has 3 atom stereocenters. The van der Waals surface area contributed by atoms with Crippen LogP contribution in [0.2, 0.25) is 0 Å². The lowest BCUT2D eigenvalue weighted by molar-refractivity contribution is 0.150. The summed E-state index contributed by atoms with van der Waals surface area (Å²) in [5.41, 5.74) is 7.60. The molecule has 2 N–H and O–H groups in total. The van der Waals surface area contributed by atoms with Crippen molar-refractivity contribution in [3.63, 3.8) is 0 Å². The van der Waals surface area contributed by atoms with Gasteiger partial charge in [0.1, 0.15) is 0 Å².